The van der Waals surface area contributed by atoms with Crippen molar-refractivity contribution in [1.29, 1.82) is 0 Å². The van der Waals surface area contributed by atoms with Crippen LogP contribution in [-0.2, 0) is 54.8 Å². The van der Waals surface area contributed by atoms with Gasteiger partial charge in [-0.05, 0) is 22.3 Å². The van der Waals surface area contributed by atoms with Gasteiger partial charge >= 0.3 is 0 Å². The summed E-state index contributed by atoms with van der Waals surface area (Å²) in [5, 5.41) is 10.7. The van der Waals surface area contributed by atoms with Crippen LogP contribution in [-0.4, -0.2) is 55.6 Å². The third-order valence-corrected chi connectivity index (χ3v) is 7.27. The highest BCUT2D eigenvalue weighted by Gasteiger charge is 2.44. The molecule has 4 aromatic rings. The van der Waals surface area contributed by atoms with Crippen LogP contribution in [0.4, 0.5) is 0 Å². The number of benzene rings is 4. The van der Waals surface area contributed by atoms with Gasteiger partial charge in [-0.1, -0.05) is 121 Å². The lowest BCUT2D eigenvalue weighted by Crippen LogP contribution is -2.54. The van der Waals surface area contributed by atoms with E-state index < -0.39 is 30.7 Å². The molecule has 1 N–H and O–H groups in total. The van der Waals surface area contributed by atoms with Gasteiger partial charge in [0.05, 0.1) is 46.2 Å². The van der Waals surface area contributed by atoms with E-state index in [0.717, 1.165) is 22.3 Å². The van der Waals surface area contributed by atoms with E-state index in [-0.39, 0.29) is 6.61 Å². The minimum atomic E-state index is -0.730. The Morgan fingerprint density at radius 1 is 0.512 bits per heavy atom. The summed E-state index contributed by atoms with van der Waals surface area (Å²) in [5.74, 6) is 0. The molecule has 5 rings (SSSR count). The van der Waals surface area contributed by atoms with Gasteiger partial charge in [0.1, 0.15) is 24.4 Å². The van der Waals surface area contributed by atoms with Crippen molar-refractivity contribution in [3.05, 3.63) is 144 Å². The van der Waals surface area contributed by atoms with Crippen LogP contribution in [0.3, 0.4) is 0 Å². The average Bonchev–Trinajstić information content (AvgIpc) is 3.61. The number of rotatable bonds is 17. The second-order valence-corrected chi connectivity index (χ2v) is 10.4. The summed E-state index contributed by atoms with van der Waals surface area (Å²) in [6.07, 6.45) is -3.54. The Balaban J connectivity index is 1.46. The summed E-state index contributed by atoms with van der Waals surface area (Å²) in [6.45, 7) is 1.82. The zero-order valence-electron chi connectivity index (χ0n) is 24.3. The van der Waals surface area contributed by atoms with E-state index in [1.807, 2.05) is 121 Å². The molecule has 0 aliphatic carbocycles. The molecule has 4 aromatic carbocycles. The van der Waals surface area contributed by atoms with Crippen LogP contribution in [0.1, 0.15) is 22.3 Å². The molecule has 0 saturated carbocycles. The summed E-state index contributed by atoms with van der Waals surface area (Å²) in [6, 6.07) is 39.7. The number of hydrogen-bond acceptors (Lipinski definition) is 7. The van der Waals surface area contributed by atoms with E-state index >= 15 is 0 Å². The van der Waals surface area contributed by atoms with Gasteiger partial charge in [-0.15, -0.1) is 0 Å². The first-order valence-corrected chi connectivity index (χ1v) is 14.8. The van der Waals surface area contributed by atoms with Gasteiger partial charge < -0.3 is 33.5 Å². The third kappa shape index (κ3) is 9.55. The van der Waals surface area contributed by atoms with E-state index in [1.165, 1.54) is 0 Å². The molecule has 4 atom stereocenters. The zero-order valence-corrected chi connectivity index (χ0v) is 24.3. The molecule has 0 unspecified atom stereocenters. The maximum atomic E-state index is 10.7. The van der Waals surface area contributed by atoms with Crippen molar-refractivity contribution in [2.45, 2.75) is 57.1 Å². The van der Waals surface area contributed by atoms with E-state index in [9.17, 15) is 5.11 Å². The molecule has 1 aliphatic rings. The normalized spacial score (nSPS) is 16.5. The van der Waals surface area contributed by atoms with E-state index in [2.05, 4.69) is 0 Å². The lowest BCUT2D eigenvalue weighted by atomic mass is 10.0. The predicted octanol–water partition coefficient (Wildman–Crippen LogP) is 5.69. The molecular formula is C36H40O7. The molecule has 0 radical (unpaired) electrons. The largest absolute Gasteiger partial charge is 0.394 e. The fourth-order valence-corrected chi connectivity index (χ4v) is 5.01. The molecule has 7 nitrogen and oxygen atoms in total. The first-order valence-electron chi connectivity index (χ1n) is 14.8. The quantitative estimate of drug-likeness (QED) is 0.171. The van der Waals surface area contributed by atoms with Gasteiger partial charge in [-0.3, -0.25) is 0 Å². The number of hydrogen-bond donors (Lipinski definition) is 1. The molecule has 226 valence electrons. The Labute approximate surface area is 253 Å². The van der Waals surface area contributed by atoms with E-state index in [4.69, 9.17) is 28.4 Å². The number of aliphatic hydroxyl groups excluding tert-OH is 1. The predicted molar refractivity (Wildman–Crippen MR) is 163 cm³/mol. The summed E-state index contributed by atoms with van der Waals surface area (Å²) in [4.78, 5) is 0. The Morgan fingerprint density at radius 3 is 1.30 bits per heavy atom. The van der Waals surface area contributed by atoms with Crippen LogP contribution in [0.15, 0.2) is 121 Å². The molecule has 1 saturated heterocycles. The molecule has 7 heteroatoms. The smallest absolute Gasteiger partial charge is 0.186 e. The second kappa shape index (κ2) is 17.0. The van der Waals surface area contributed by atoms with Crippen LogP contribution in [0.2, 0.25) is 0 Å². The topological polar surface area (TPSA) is 75.6 Å². The average molecular weight is 585 g/mol. The first kappa shape index (κ1) is 31.0. The lowest BCUT2D eigenvalue weighted by molar-refractivity contribution is -0.240. The minimum Gasteiger partial charge on any atom is -0.394 e. The monoisotopic (exact) mass is 584 g/mol. The van der Waals surface area contributed by atoms with E-state index in [0.29, 0.717) is 39.6 Å². The number of aliphatic hydroxyl groups is 1. The van der Waals surface area contributed by atoms with Crippen LogP contribution < -0.4 is 0 Å². The van der Waals surface area contributed by atoms with Crippen LogP contribution >= 0.6 is 0 Å². The molecule has 0 bridgehead atoms. The summed E-state index contributed by atoms with van der Waals surface area (Å²) >= 11 is 0. The fourth-order valence-electron chi connectivity index (χ4n) is 5.01. The summed E-state index contributed by atoms with van der Waals surface area (Å²) < 4.78 is 38.2. The zero-order chi connectivity index (χ0) is 29.5. The van der Waals surface area contributed by atoms with Gasteiger partial charge in [0.15, 0.2) is 6.29 Å². The van der Waals surface area contributed by atoms with Gasteiger partial charge in [0.2, 0.25) is 0 Å². The van der Waals surface area contributed by atoms with Gasteiger partial charge in [0.25, 0.3) is 0 Å². The van der Waals surface area contributed by atoms with Crippen molar-refractivity contribution in [3.8, 4) is 0 Å². The summed E-state index contributed by atoms with van der Waals surface area (Å²) in [7, 11) is 0. The van der Waals surface area contributed by atoms with Crippen molar-refractivity contribution in [2.24, 2.45) is 0 Å². The Kier molecular flexibility index (Phi) is 12.3. The molecule has 0 spiro atoms. The van der Waals surface area contributed by atoms with Crippen molar-refractivity contribution < 1.29 is 33.5 Å². The van der Waals surface area contributed by atoms with Gasteiger partial charge in [-0.25, -0.2) is 0 Å². The van der Waals surface area contributed by atoms with Crippen LogP contribution in [0, 0.1) is 0 Å². The first-order chi connectivity index (χ1) is 21.3. The highest BCUT2D eigenvalue weighted by atomic mass is 16.7. The minimum absolute atomic E-state index is 0.282. The second-order valence-electron chi connectivity index (χ2n) is 10.4. The van der Waals surface area contributed by atoms with Crippen LogP contribution in [0.5, 0.6) is 0 Å². The van der Waals surface area contributed by atoms with Gasteiger partial charge in [-0.2, -0.15) is 0 Å². The maximum absolute atomic E-state index is 10.7. The highest BCUT2D eigenvalue weighted by molar-refractivity contribution is 5.16. The maximum Gasteiger partial charge on any atom is 0.186 e. The third-order valence-electron chi connectivity index (χ3n) is 7.27. The molecule has 1 heterocycles. The Morgan fingerprint density at radius 2 is 0.884 bits per heavy atom. The molecule has 1 aliphatic heterocycles. The number of ether oxygens (including phenoxy) is 6. The lowest BCUT2D eigenvalue weighted by Gasteiger charge is -2.38. The Hall–Kier alpha value is -3.40. The van der Waals surface area contributed by atoms with Crippen molar-refractivity contribution in [2.75, 3.05) is 19.8 Å². The van der Waals surface area contributed by atoms with Gasteiger partial charge in [0, 0.05) is 0 Å². The molecular weight excluding hydrogens is 544 g/mol. The summed E-state index contributed by atoms with van der Waals surface area (Å²) in [5.41, 5.74) is 3.98. The highest BCUT2D eigenvalue weighted by Crippen LogP contribution is 2.27. The van der Waals surface area contributed by atoms with E-state index in [1.54, 1.807) is 0 Å². The Bertz CT molecular complexity index is 1280. The van der Waals surface area contributed by atoms with Crippen LogP contribution in [0.25, 0.3) is 0 Å². The molecule has 0 amide bonds. The molecule has 43 heavy (non-hydrogen) atoms. The van der Waals surface area contributed by atoms with Crippen molar-refractivity contribution in [3.63, 3.8) is 0 Å². The van der Waals surface area contributed by atoms with Crippen molar-refractivity contribution >= 4 is 0 Å². The standard InChI is InChI=1S/C36H40O7/c37-23-32(40-24-28-13-5-1-6-14-28)33(41-25-29-15-7-2-8-16-29)34(42-26-30-17-9-3-10-18-30)35(36-38-21-22-39-36)43-27-31-19-11-4-12-20-31/h1-20,32-37H,21-27H2/t32-,33-,34+,35-/m1/s1. The fraction of sp³-hybridized carbons (Fsp3) is 0.333. The molecule has 0 aromatic heterocycles. The van der Waals surface area contributed by atoms with Crippen molar-refractivity contribution in [1.82, 2.24) is 0 Å². The molecule has 1 fully saturated rings. The SMILES string of the molecule is OC[C@@H](OCc1ccccc1)[C@@H](OCc1ccccc1)[C@H](OCc1ccccc1)[C@@H](OCc1ccccc1)C1OCCO1.